The van der Waals surface area contributed by atoms with Crippen molar-refractivity contribution >= 4 is 17.5 Å². The Bertz CT molecular complexity index is 713. The Morgan fingerprint density at radius 1 is 1.14 bits per heavy atom. The van der Waals surface area contributed by atoms with Crippen molar-refractivity contribution in [3.63, 3.8) is 0 Å². The number of hydrogen-bond donors (Lipinski definition) is 0. The molecule has 0 N–H and O–H groups in total. The van der Waals surface area contributed by atoms with E-state index in [1.807, 2.05) is 30.3 Å². The Kier molecular flexibility index (Phi) is 3.94. The van der Waals surface area contributed by atoms with Crippen molar-refractivity contribution < 1.29 is 14.3 Å². The number of nitrogens with zero attached hydrogens (tertiary/aromatic N) is 1. The first-order valence-electron chi connectivity index (χ1n) is 6.91. The van der Waals surface area contributed by atoms with Gasteiger partial charge in [-0.05, 0) is 29.3 Å². The fraction of sp³-hybridized carbons (Fsp3) is 0.235. The van der Waals surface area contributed by atoms with Crippen LogP contribution in [0.25, 0.3) is 0 Å². The summed E-state index contributed by atoms with van der Waals surface area (Å²) in [4.78, 5) is 14.4. The monoisotopic (exact) mass is 317 g/mol. The molecule has 2 aromatic rings. The molecule has 5 heteroatoms. The highest BCUT2D eigenvalue weighted by Gasteiger charge is 2.31. The van der Waals surface area contributed by atoms with Gasteiger partial charge in [-0.3, -0.25) is 4.79 Å². The van der Waals surface area contributed by atoms with Gasteiger partial charge in [0.25, 0.3) is 5.91 Å². The molecule has 0 unspecified atom stereocenters. The van der Waals surface area contributed by atoms with Crippen molar-refractivity contribution in [2.24, 2.45) is 0 Å². The summed E-state index contributed by atoms with van der Waals surface area (Å²) >= 11 is 5.89. The first-order valence-corrected chi connectivity index (χ1v) is 7.29. The summed E-state index contributed by atoms with van der Waals surface area (Å²) in [7, 11) is 3.16. The number of hydrogen-bond acceptors (Lipinski definition) is 3. The van der Waals surface area contributed by atoms with Gasteiger partial charge >= 0.3 is 0 Å². The van der Waals surface area contributed by atoms with Crippen LogP contribution in [-0.2, 0) is 13.1 Å². The fourth-order valence-electron chi connectivity index (χ4n) is 2.66. The van der Waals surface area contributed by atoms with E-state index in [-0.39, 0.29) is 5.91 Å². The summed E-state index contributed by atoms with van der Waals surface area (Å²) in [5, 5.41) is 0.686. The summed E-state index contributed by atoms with van der Waals surface area (Å²) in [6.45, 7) is 1.08. The summed E-state index contributed by atoms with van der Waals surface area (Å²) in [6, 6.07) is 11.1. The number of ether oxygens (including phenoxy) is 2. The van der Waals surface area contributed by atoms with Gasteiger partial charge in [0.2, 0.25) is 0 Å². The van der Waals surface area contributed by atoms with E-state index >= 15 is 0 Å². The van der Waals surface area contributed by atoms with E-state index in [1.54, 1.807) is 25.2 Å². The van der Waals surface area contributed by atoms with Crippen LogP contribution in [0.4, 0.5) is 0 Å². The third-order valence-electron chi connectivity index (χ3n) is 3.76. The second kappa shape index (κ2) is 5.89. The fourth-order valence-corrected chi connectivity index (χ4v) is 2.79. The Balaban J connectivity index is 1.88. The highest BCUT2D eigenvalue weighted by Crippen LogP contribution is 2.35. The van der Waals surface area contributed by atoms with E-state index in [1.165, 1.54) is 0 Å². The van der Waals surface area contributed by atoms with E-state index in [2.05, 4.69) is 0 Å². The number of rotatable bonds is 4. The first kappa shape index (κ1) is 14.7. The molecule has 0 aliphatic carbocycles. The van der Waals surface area contributed by atoms with Crippen molar-refractivity contribution in [1.82, 2.24) is 4.90 Å². The summed E-state index contributed by atoms with van der Waals surface area (Å²) in [5.74, 6) is 1.22. The average Bonchev–Trinajstić information content (AvgIpc) is 2.85. The largest absolute Gasteiger partial charge is 0.497 e. The van der Waals surface area contributed by atoms with Crippen molar-refractivity contribution in [3.8, 4) is 11.5 Å². The van der Waals surface area contributed by atoms with E-state index in [4.69, 9.17) is 21.1 Å². The molecule has 22 heavy (non-hydrogen) atoms. The maximum atomic E-state index is 12.6. The topological polar surface area (TPSA) is 38.8 Å². The highest BCUT2D eigenvalue weighted by atomic mass is 35.5. The molecule has 0 radical (unpaired) electrons. The van der Waals surface area contributed by atoms with Crippen LogP contribution in [0.5, 0.6) is 11.5 Å². The lowest BCUT2D eigenvalue weighted by Gasteiger charge is -2.15. The number of methoxy groups -OCH3 is 2. The zero-order chi connectivity index (χ0) is 15.7. The molecule has 4 nitrogen and oxygen atoms in total. The van der Waals surface area contributed by atoms with Crippen LogP contribution in [0.3, 0.4) is 0 Å². The van der Waals surface area contributed by atoms with E-state index in [0.717, 1.165) is 11.1 Å². The number of fused-ring (bicyclic) bond motifs is 1. The lowest BCUT2D eigenvalue weighted by Crippen LogP contribution is -2.23. The predicted octanol–water partition coefficient (Wildman–Crippen LogP) is 3.51. The second-order valence-electron chi connectivity index (χ2n) is 5.15. The normalized spacial score (nSPS) is 13.2. The summed E-state index contributed by atoms with van der Waals surface area (Å²) in [6.07, 6.45) is 0. The van der Waals surface area contributed by atoms with Gasteiger partial charge in [-0.15, -0.1) is 0 Å². The molecule has 1 aliphatic heterocycles. The minimum atomic E-state index is -0.0237. The molecule has 114 valence electrons. The van der Waals surface area contributed by atoms with Crippen LogP contribution in [0.2, 0.25) is 5.02 Å². The Labute approximate surface area is 134 Å². The molecular weight excluding hydrogens is 302 g/mol. The van der Waals surface area contributed by atoms with E-state index in [9.17, 15) is 4.79 Å². The zero-order valence-electron chi connectivity index (χ0n) is 12.4. The van der Waals surface area contributed by atoms with Crippen molar-refractivity contribution in [2.75, 3.05) is 14.2 Å². The van der Waals surface area contributed by atoms with Crippen LogP contribution >= 0.6 is 11.6 Å². The van der Waals surface area contributed by atoms with Crippen LogP contribution in [0.15, 0.2) is 36.4 Å². The minimum absolute atomic E-state index is 0.0237. The lowest BCUT2D eigenvalue weighted by atomic mass is 10.1. The zero-order valence-corrected chi connectivity index (χ0v) is 13.2. The van der Waals surface area contributed by atoms with Gasteiger partial charge in [0.15, 0.2) is 0 Å². The molecule has 0 spiro atoms. The first-order chi connectivity index (χ1) is 10.6. The van der Waals surface area contributed by atoms with E-state index in [0.29, 0.717) is 35.2 Å². The van der Waals surface area contributed by atoms with Gasteiger partial charge in [-0.1, -0.05) is 23.7 Å². The number of amides is 1. The third kappa shape index (κ3) is 2.62. The molecule has 3 rings (SSSR count). The molecular formula is C17H16ClNO3. The highest BCUT2D eigenvalue weighted by molar-refractivity contribution is 6.30. The maximum absolute atomic E-state index is 12.6. The Morgan fingerprint density at radius 3 is 2.50 bits per heavy atom. The third-order valence-corrected chi connectivity index (χ3v) is 4.01. The molecule has 0 saturated carbocycles. The van der Waals surface area contributed by atoms with Gasteiger partial charge in [0, 0.05) is 24.2 Å². The van der Waals surface area contributed by atoms with Crippen LogP contribution in [0.1, 0.15) is 21.5 Å². The van der Waals surface area contributed by atoms with Gasteiger partial charge in [-0.2, -0.15) is 0 Å². The van der Waals surface area contributed by atoms with Crippen LogP contribution < -0.4 is 9.47 Å². The maximum Gasteiger partial charge on any atom is 0.258 e. The van der Waals surface area contributed by atoms with Gasteiger partial charge in [-0.25, -0.2) is 0 Å². The molecule has 0 saturated heterocycles. The quantitative estimate of drug-likeness (QED) is 0.866. The molecule has 1 heterocycles. The number of benzene rings is 2. The molecule has 1 amide bonds. The number of carbonyl (C=O) groups excluding carboxylic acids is 1. The predicted molar refractivity (Wildman–Crippen MR) is 84.6 cm³/mol. The number of halogens is 1. The molecule has 0 fully saturated rings. The molecule has 0 bridgehead atoms. The lowest BCUT2D eigenvalue weighted by molar-refractivity contribution is 0.0764. The Hall–Kier alpha value is -2.20. The van der Waals surface area contributed by atoms with Crippen molar-refractivity contribution in [2.45, 2.75) is 13.1 Å². The average molecular weight is 318 g/mol. The smallest absolute Gasteiger partial charge is 0.258 e. The minimum Gasteiger partial charge on any atom is -0.497 e. The van der Waals surface area contributed by atoms with Crippen LogP contribution in [-0.4, -0.2) is 25.0 Å². The standard InChI is InChI=1S/C17H16ClNO3/c1-21-14-7-12-10-19(9-11-3-5-13(18)6-4-11)17(20)16(12)15(8-14)22-2/h3-8H,9-10H2,1-2H3. The van der Waals surface area contributed by atoms with E-state index < -0.39 is 0 Å². The molecule has 2 aromatic carbocycles. The second-order valence-corrected chi connectivity index (χ2v) is 5.59. The van der Waals surface area contributed by atoms with Gasteiger partial charge in [0.05, 0.1) is 19.8 Å². The summed E-state index contributed by atoms with van der Waals surface area (Å²) in [5.41, 5.74) is 2.59. The Morgan fingerprint density at radius 2 is 1.86 bits per heavy atom. The number of carbonyl (C=O) groups is 1. The van der Waals surface area contributed by atoms with Gasteiger partial charge in [0.1, 0.15) is 11.5 Å². The molecule has 0 atom stereocenters. The van der Waals surface area contributed by atoms with Crippen molar-refractivity contribution in [1.29, 1.82) is 0 Å². The van der Waals surface area contributed by atoms with Gasteiger partial charge < -0.3 is 14.4 Å². The summed E-state index contributed by atoms with van der Waals surface area (Å²) < 4.78 is 10.6. The molecule has 0 aromatic heterocycles. The SMILES string of the molecule is COc1cc2c(c(OC)c1)C(=O)N(Cc1ccc(Cl)cc1)C2. The van der Waals surface area contributed by atoms with Crippen LogP contribution in [0, 0.1) is 0 Å². The van der Waals surface area contributed by atoms with Crippen molar-refractivity contribution in [3.05, 3.63) is 58.1 Å². The molecule has 1 aliphatic rings.